The first-order valence-electron chi connectivity index (χ1n) is 6.39. The average Bonchev–Trinajstić information content (AvgIpc) is 2.86. The summed E-state index contributed by atoms with van der Waals surface area (Å²) in [5, 5.41) is 4.59. The summed E-state index contributed by atoms with van der Waals surface area (Å²) in [5.74, 6) is 1.74. The summed E-state index contributed by atoms with van der Waals surface area (Å²) in [6.45, 7) is 1.97. The summed E-state index contributed by atoms with van der Waals surface area (Å²) in [7, 11) is 0. The Morgan fingerprint density at radius 2 is 2.10 bits per heavy atom. The summed E-state index contributed by atoms with van der Waals surface area (Å²) in [5.41, 5.74) is 0. The summed E-state index contributed by atoms with van der Waals surface area (Å²) in [6, 6.07) is 7.57. The van der Waals surface area contributed by atoms with Gasteiger partial charge in [0.1, 0.15) is 5.78 Å². The third-order valence-corrected chi connectivity index (χ3v) is 3.83. The number of hydrogen-bond donors (Lipinski definition) is 0. The van der Waals surface area contributed by atoms with Crippen molar-refractivity contribution < 1.29 is 9.32 Å². The monoisotopic (exact) mass is 310 g/mol. The van der Waals surface area contributed by atoms with Gasteiger partial charge in [-0.3, -0.25) is 4.79 Å². The highest BCUT2D eigenvalue weighted by atomic mass is 35.5. The molecule has 0 radical (unpaired) electrons. The predicted octanol–water partition coefficient (Wildman–Crippen LogP) is 3.93. The van der Waals surface area contributed by atoms with E-state index in [2.05, 4.69) is 10.1 Å². The minimum absolute atomic E-state index is 0.132. The van der Waals surface area contributed by atoms with Crippen LogP contribution in [0.1, 0.15) is 31.5 Å². The van der Waals surface area contributed by atoms with Gasteiger partial charge in [0.25, 0.3) is 0 Å². The van der Waals surface area contributed by atoms with Crippen molar-refractivity contribution in [1.29, 1.82) is 0 Å². The Morgan fingerprint density at radius 1 is 1.35 bits per heavy atom. The zero-order valence-electron chi connectivity index (χ0n) is 11.1. The molecule has 1 aromatic carbocycles. The van der Waals surface area contributed by atoms with Gasteiger partial charge in [0.2, 0.25) is 5.89 Å². The van der Waals surface area contributed by atoms with Crippen LogP contribution in [0.25, 0.3) is 0 Å². The van der Waals surface area contributed by atoms with E-state index in [1.165, 1.54) is 0 Å². The van der Waals surface area contributed by atoms with Gasteiger partial charge < -0.3 is 4.52 Å². The van der Waals surface area contributed by atoms with E-state index in [9.17, 15) is 4.79 Å². The van der Waals surface area contributed by atoms with E-state index >= 15 is 0 Å². The number of benzene rings is 1. The van der Waals surface area contributed by atoms with Crippen molar-refractivity contribution in [2.45, 2.75) is 36.8 Å². The van der Waals surface area contributed by atoms with E-state index < -0.39 is 0 Å². The summed E-state index contributed by atoms with van der Waals surface area (Å²) in [6.07, 6.45) is 1.62. The Labute approximate surface area is 126 Å². The van der Waals surface area contributed by atoms with Gasteiger partial charge in [-0.15, -0.1) is 11.8 Å². The number of carbonyl (C=O) groups is 1. The molecule has 0 atom stereocenters. The molecule has 0 saturated heterocycles. The molecule has 0 aliphatic rings. The van der Waals surface area contributed by atoms with Crippen LogP contribution in [0.15, 0.2) is 33.7 Å². The lowest BCUT2D eigenvalue weighted by atomic mass is 10.2. The lowest BCUT2D eigenvalue weighted by Crippen LogP contribution is -2.02. The molecule has 6 heteroatoms. The van der Waals surface area contributed by atoms with Gasteiger partial charge in [0.05, 0.1) is 12.2 Å². The molecule has 4 nitrogen and oxygen atoms in total. The van der Waals surface area contributed by atoms with Crippen LogP contribution >= 0.6 is 23.4 Å². The molecule has 1 heterocycles. The first kappa shape index (κ1) is 15.1. The van der Waals surface area contributed by atoms with E-state index in [0.717, 1.165) is 11.3 Å². The number of Topliss-reactive ketones (excluding diaryl/α,β-unsaturated/α-hetero) is 1. The molecule has 0 aliphatic carbocycles. The second kappa shape index (κ2) is 7.45. The van der Waals surface area contributed by atoms with Crippen LogP contribution in [0.5, 0.6) is 0 Å². The molecule has 0 N–H and O–H groups in total. The van der Waals surface area contributed by atoms with Crippen molar-refractivity contribution in [3.05, 3.63) is 41.0 Å². The maximum absolute atomic E-state index is 11.5. The van der Waals surface area contributed by atoms with Crippen molar-refractivity contribution in [3.8, 4) is 0 Å². The van der Waals surface area contributed by atoms with Crippen LogP contribution in [-0.4, -0.2) is 15.9 Å². The largest absolute Gasteiger partial charge is 0.339 e. The number of ketones is 1. The second-order valence-corrected chi connectivity index (χ2v) is 5.80. The third-order valence-electron chi connectivity index (χ3n) is 2.57. The third kappa shape index (κ3) is 4.65. The summed E-state index contributed by atoms with van der Waals surface area (Å²) in [4.78, 5) is 16.8. The molecule has 20 heavy (non-hydrogen) atoms. The van der Waals surface area contributed by atoms with Gasteiger partial charge in [-0.05, 0) is 30.7 Å². The lowest BCUT2D eigenvalue weighted by Gasteiger charge is -1.97. The van der Waals surface area contributed by atoms with E-state index in [1.807, 2.05) is 31.2 Å². The van der Waals surface area contributed by atoms with Crippen molar-refractivity contribution in [2.24, 2.45) is 0 Å². The van der Waals surface area contributed by atoms with E-state index in [4.69, 9.17) is 16.1 Å². The van der Waals surface area contributed by atoms with Crippen molar-refractivity contribution in [2.75, 3.05) is 0 Å². The Bertz CT molecular complexity index is 569. The SMILES string of the molecule is CCCC(=O)Cc1nc(CSc2ccc(Cl)cc2)no1. The van der Waals surface area contributed by atoms with Gasteiger partial charge in [-0.2, -0.15) is 4.98 Å². The van der Waals surface area contributed by atoms with Crippen LogP contribution in [0.4, 0.5) is 0 Å². The van der Waals surface area contributed by atoms with Crippen LogP contribution in [0.3, 0.4) is 0 Å². The smallest absolute Gasteiger partial charge is 0.234 e. The van der Waals surface area contributed by atoms with Crippen LogP contribution < -0.4 is 0 Å². The fourth-order valence-electron chi connectivity index (χ4n) is 1.64. The highest BCUT2D eigenvalue weighted by Gasteiger charge is 2.10. The predicted molar refractivity (Wildman–Crippen MR) is 78.9 cm³/mol. The molecule has 0 aliphatic heterocycles. The van der Waals surface area contributed by atoms with Gasteiger partial charge in [-0.1, -0.05) is 23.7 Å². The van der Waals surface area contributed by atoms with E-state index in [-0.39, 0.29) is 12.2 Å². The number of halogens is 1. The average molecular weight is 311 g/mol. The van der Waals surface area contributed by atoms with Gasteiger partial charge in [-0.25, -0.2) is 0 Å². The van der Waals surface area contributed by atoms with Crippen LogP contribution in [0, 0.1) is 0 Å². The summed E-state index contributed by atoms with van der Waals surface area (Å²) >= 11 is 7.42. The van der Waals surface area contributed by atoms with Crippen LogP contribution in [-0.2, 0) is 17.0 Å². The fourth-order valence-corrected chi connectivity index (χ4v) is 2.50. The summed E-state index contributed by atoms with van der Waals surface area (Å²) < 4.78 is 5.07. The van der Waals surface area contributed by atoms with Crippen molar-refractivity contribution >= 4 is 29.1 Å². The topological polar surface area (TPSA) is 56.0 Å². The lowest BCUT2D eigenvalue weighted by molar-refractivity contribution is -0.118. The molecule has 0 unspecified atom stereocenters. The van der Waals surface area contributed by atoms with Crippen LogP contribution in [0.2, 0.25) is 5.02 Å². The molecular formula is C14H15ClN2O2S. The Kier molecular flexibility index (Phi) is 5.61. The Balaban J connectivity index is 1.86. The first-order valence-corrected chi connectivity index (χ1v) is 7.75. The zero-order valence-corrected chi connectivity index (χ0v) is 12.7. The highest BCUT2D eigenvalue weighted by Crippen LogP contribution is 2.23. The highest BCUT2D eigenvalue weighted by molar-refractivity contribution is 7.98. The quantitative estimate of drug-likeness (QED) is 0.725. The molecule has 0 bridgehead atoms. The number of rotatable bonds is 7. The fraction of sp³-hybridized carbons (Fsp3) is 0.357. The molecular weight excluding hydrogens is 296 g/mol. The normalized spacial score (nSPS) is 10.7. The molecule has 0 saturated carbocycles. The Morgan fingerprint density at radius 3 is 2.80 bits per heavy atom. The first-order chi connectivity index (χ1) is 9.67. The molecule has 106 valence electrons. The molecule has 2 aromatic rings. The molecule has 1 aromatic heterocycles. The van der Waals surface area contributed by atoms with Crippen molar-refractivity contribution in [1.82, 2.24) is 10.1 Å². The van der Waals surface area contributed by atoms with Gasteiger partial charge >= 0.3 is 0 Å². The van der Waals surface area contributed by atoms with E-state index in [0.29, 0.717) is 28.9 Å². The van der Waals surface area contributed by atoms with E-state index in [1.54, 1.807) is 11.8 Å². The van der Waals surface area contributed by atoms with Crippen molar-refractivity contribution in [3.63, 3.8) is 0 Å². The minimum Gasteiger partial charge on any atom is -0.339 e. The number of nitrogens with zero attached hydrogens (tertiary/aromatic N) is 2. The number of hydrogen-bond acceptors (Lipinski definition) is 5. The Hall–Kier alpha value is -1.33. The number of aromatic nitrogens is 2. The maximum atomic E-state index is 11.5. The maximum Gasteiger partial charge on any atom is 0.234 e. The standard InChI is InChI=1S/C14H15ClN2O2S/c1-2-3-11(18)8-14-16-13(17-19-14)9-20-12-6-4-10(15)5-7-12/h4-7H,2-3,8-9H2,1H3. The second-order valence-electron chi connectivity index (χ2n) is 4.31. The zero-order chi connectivity index (χ0) is 14.4. The molecule has 0 spiro atoms. The number of thioether (sulfide) groups is 1. The molecule has 0 fully saturated rings. The molecule has 2 rings (SSSR count). The minimum atomic E-state index is 0.132. The molecule has 0 amide bonds. The number of carbonyl (C=O) groups excluding carboxylic acids is 1. The van der Waals surface area contributed by atoms with Gasteiger partial charge in [0, 0.05) is 16.3 Å². The van der Waals surface area contributed by atoms with Gasteiger partial charge in [0.15, 0.2) is 5.82 Å².